The molecule has 0 unspecified atom stereocenters. The molecule has 3 N–H and O–H groups in total. The molecule has 0 radical (unpaired) electrons. The van der Waals surface area contributed by atoms with Gasteiger partial charge in [0, 0.05) is 23.7 Å². The third kappa shape index (κ3) is 4.67. The number of nitrogens with two attached hydrogens (primary N) is 1. The van der Waals surface area contributed by atoms with Crippen LogP contribution >= 0.6 is 0 Å². The molecule has 2 heterocycles. The lowest BCUT2D eigenvalue weighted by molar-refractivity contribution is -0.126. The summed E-state index contributed by atoms with van der Waals surface area (Å²) in [4.78, 5) is 30.6. The number of hydrogen-bond donors (Lipinski definition) is 2. The molecule has 0 aliphatic rings. The van der Waals surface area contributed by atoms with E-state index in [0.29, 0.717) is 23.0 Å². The molecule has 8 nitrogen and oxygen atoms in total. The van der Waals surface area contributed by atoms with E-state index in [4.69, 9.17) is 15.2 Å². The summed E-state index contributed by atoms with van der Waals surface area (Å²) < 4.78 is 11.0. The molecule has 0 bridgehead atoms. The molecular formula is C18H16N4O4. The maximum atomic E-state index is 11.5. The van der Waals surface area contributed by atoms with Gasteiger partial charge in [0.05, 0.1) is 12.1 Å². The van der Waals surface area contributed by atoms with Crippen molar-refractivity contribution in [1.82, 2.24) is 15.3 Å². The zero-order valence-corrected chi connectivity index (χ0v) is 13.7. The zero-order chi connectivity index (χ0) is 18.4. The summed E-state index contributed by atoms with van der Waals surface area (Å²) in [6, 6.07) is 14.3. The van der Waals surface area contributed by atoms with E-state index in [9.17, 15) is 9.59 Å². The Morgan fingerprint density at radius 2 is 1.96 bits per heavy atom. The van der Waals surface area contributed by atoms with Gasteiger partial charge in [-0.05, 0) is 30.3 Å². The van der Waals surface area contributed by atoms with Crippen molar-refractivity contribution in [3.8, 4) is 17.5 Å². The number of aromatic nitrogens is 2. The van der Waals surface area contributed by atoms with Gasteiger partial charge in [-0.15, -0.1) is 0 Å². The number of amides is 2. The number of nitrogens with zero attached hydrogens (tertiary/aromatic N) is 2. The SMILES string of the molecule is NC(=O)CNC(=O)COc1ccc2cc(Oc3ccccn3)ccc2n1. The Labute approximate surface area is 149 Å². The van der Waals surface area contributed by atoms with Crippen molar-refractivity contribution >= 4 is 22.7 Å². The van der Waals surface area contributed by atoms with Crippen LogP contribution in [0, 0.1) is 0 Å². The number of hydrogen-bond acceptors (Lipinski definition) is 6. The summed E-state index contributed by atoms with van der Waals surface area (Å²) in [5.74, 6) is 0.361. The van der Waals surface area contributed by atoms with Crippen molar-refractivity contribution in [3.05, 3.63) is 54.7 Å². The van der Waals surface area contributed by atoms with Gasteiger partial charge in [0.2, 0.25) is 17.7 Å². The van der Waals surface area contributed by atoms with Crippen LogP contribution in [0.4, 0.5) is 0 Å². The normalized spacial score (nSPS) is 10.3. The molecule has 0 spiro atoms. The van der Waals surface area contributed by atoms with E-state index >= 15 is 0 Å². The molecular weight excluding hydrogens is 336 g/mol. The number of carbonyl (C=O) groups is 2. The van der Waals surface area contributed by atoms with Crippen LogP contribution in [0.15, 0.2) is 54.7 Å². The molecule has 2 aromatic heterocycles. The van der Waals surface area contributed by atoms with Gasteiger partial charge in [-0.2, -0.15) is 0 Å². The summed E-state index contributed by atoms with van der Waals surface area (Å²) in [5, 5.41) is 3.18. The Bertz CT molecular complexity index is 931. The van der Waals surface area contributed by atoms with E-state index in [1.807, 2.05) is 24.3 Å². The van der Waals surface area contributed by atoms with Gasteiger partial charge in [0.15, 0.2) is 6.61 Å². The molecule has 1 aromatic carbocycles. The predicted octanol–water partition coefficient (Wildman–Crippen LogP) is 1.40. The second-order valence-corrected chi connectivity index (χ2v) is 5.31. The van der Waals surface area contributed by atoms with E-state index in [2.05, 4.69) is 15.3 Å². The fourth-order valence-corrected chi connectivity index (χ4v) is 2.13. The highest BCUT2D eigenvalue weighted by Gasteiger charge is 2.06. The van der Waals surface area contributed by atoms with Crippen LogP contribution in [0.1, 0.15) is 0 Å². The molecule has 26 heavy (non-hydrogen) atoms. The molecule has 8 heteroatoms. The van der Waals surface area contributed by atoms with Gasteiger partial charge in [0.1, 0.15) is 5.75 Å². The second kappa shape index (κ2) is 7.93. The highest BCUT2D eigenvalue weighted by molar-refractivity contribution is 5.84. The van der Waals surface area contributed by atoms with E-state index in [1.165, 1.54) is 0 Å². The maximum Gasteiger partial charge on any atom is 0.258 e. The topological polar surface area (TPSA) is 116 Å². The van der Waals surface area contributed by atoms with Crippen LogP contribution < -0.4 is 20.5 Å². The van der Waals surface area contributed by atoms with Crippen molar-refractivity contribution < 1.29 is 19.1 Å². The lowest BCUT2D eigenvalue weighted by Crippen LogP contribution is -2.36. The van der Waals surface area contributed by atoms with E-state index < -0.39 is 11.8 Å². The molecule has 3 aromatic rings. The summed E-state index contributed by atoms with van der Waals surface area (Å²) in [5.41, 5.74) is 5.64. The lowest BCUT2D eigenvalue weighted by Gasteiger charge is -2.08. The van der Waals surface area contributed by atoms with Crippen LogP contribution in [0.5, 0.6) is 17.5 Å². The molecule has 0 fully saturated rings. The van der Waals surface area contributed by atoms with E-state index in [0.717, 1.165) is 5.39 Å². The molecule has 0 aliphatic carbocycles. The lowest BCUT2D eigenvalue weighted by atomic mass is 10.2. The number of ether oxygens (including phenoxy) is 2. The molecule has 3 rings (SSSR count). The van der Waals surface area contributed by atoms with Crippen LogP contribution in [-0.2, 0) is 9.59 Å². The first-order valence-corrected chi connectivity index (χ1v) is 7.78. The minimum Gasteiger partial charge on any atom is -0.468 e. The number of benzene rings is 1. The van der Waals surface area contributed by atoms with Crippen molar-refractivity contribution in [2.45, 2.75) is 0 Å². The average molecular weight is 352 g/mol. The molecule has 0 saturated heterocycles. The smallest absolute Gasteiger partial charge is 0.258 e. The standard InChI is InChI=1S/C18H16N4O4/c19-15(23)10-21-16(24)11-25-18-7-4-12-9-13(5-6-14(12)22-18)26-17-3-1-2-8-20-17/h1-9H,10-11H2,(H2,19,23)(H,21,24). The summed E-state index contributed by atoms with van der Waals surface area (Å²) >= 11 is 0. The number of rotatable bonds is 7. The minimum atomic E-state index is -0.620. The van der Waals surface area contributed by atoms with Gasteiger partial charge < -0.3 is 20.5 Å². The largest absolute Gasteiger partial charge is 0.468 e. The van der Waals surface area contributed by atoms with Crippen molar-refractivity contribution in [1.29, 1.82) is 0 Å². The monoisotopic (exact) mass is 352 g/mol. The first-order valence-electron chi connectivity index (χ1n) is 7.78. The number of carbonyl (C=O) groups excluding carboxylic acids is 2. The third-order valence-electron chi connectivity index (χ3n) is 3.31. The Hall–Kier alpha value is -3.68. The van der Waals surface area contributed by atoms with Crippen LogP contribution in [0.2, 0.25) is 0 Å². The average Bonchev–Trinajstić information content (AvgIpc) is 2.65. The summed E-state index contributed by atoms with van der Waals surface area (Å²) in [6.45, 7) is -0.487. The third-order valence-corrected chi connectivity index (χ3v) is 3.31. The van der Waals surface area contributed by atoms with Crippen LogP contribution in [0.25, 0.3) is 10.9 Å². The Morgan fingerprint density at radius 3 is 2.73 bits per heavy atom. The van der Waals surface area contributed by atoms with Gasteiger partial charge in [-0.1, -0.05) is 6.07 Å². The predicted molar refractivity (Wildman–Crippen MR) is 93.8 cm³/mol. The Morgan fingerprint density at radius 1 is 1.08 bits per heavy atom. The van der Waals surface area contributed by atoms with Crippen LogP contribution in [0.3, 0.4) is 0 Å². The van der Waals surface area contributed by atoms with Crippen molar-refractivity contribution in [2.75, 3.05) is 13.2 Å². The van der Waals surface area contributed by atoms with Crippen LogP contribution in [-0.4, -0.2) is 34.9 Å². The first kappa shape index (κ1) is 17.2. The Balaban J connectivity index is 1.65. The summed E-state index contributed by atoms with van der Waals surface area (Å²) in [7, 11) is 0. The minimum absolute atomic E-state index is 0.230. The van der Waals surface area contributed by atoms with E-state index in [1.54, 1.807) is 30.5 Å². The zero-order valence-electron chi connectivity index (χ0n) is 13.7. The molecule has 0 aliphatic heterocycles. The van der Waals surface area contributed by atoms with Gasteiger partial charge in [0.25, 0.3) is 5.91 Å². The highest BCUT2D eigenvalue weighted by Crippen LogP contribution is 2.25. The maximum absolute atomic E-state index is 11.5. The quantitative estimate of drug-likeness (QED) is 0.664. The number of primary amides is 1. The first-order chi connectivity index (χ1) is 12.6. The molecule has 2 amide bonds. The van der Waals surface area contributed by atoms with Crippen molar-refractivity contribution in [2.24, 2.45) is 5.73 Å². The highest BCUT2D eigenvalue weighted by atomic mass is 16.5. The van der Waals surface area contributed by atoms with Gasteiger partial charge >= 0.3 is 0 Å². The molecule has 0 saturated carbocycles. The fraction of sp³-hybridized carbons (Fsp3) is 0.111. The molecule has 0 atom stereocenters. The van der Waals surface area contributed by atoms with E-state index in [-0.39, 0.29) is 13.2 Å². The fourth-order valence-electron chi connectivity index (χ4n) is 2.13. The number of nitrogens with one attached hydrogen (secondary N) is 1. The van der Waals surface area contributed by atoms with Gasteiger partial charge in [-0.25, -0.2) is 9.97 Å². The number of pyridine rings is 2. The Kier molecular flexibility index (Phi) is 5.23. The summed E-state index contributed by atoms with van der Waals surface area (Å²) in [6.07, 6.45) is 1.65. The second-order valence-electron chi connectivity index (χ2n) is 5.31. The van der Waals surface area contributed by atoms with Gasteiger partial charge in [-0.3, -0.25) is 9.59 Å². The number of fused-ring (bicyclic) bond motifs is 1. The van der Waals surface area contributed by atoms with Crippen molar-refractivity contribution in [3.63, 3.8) is 0 Å². The molecule has 132 valence electrons.